The molecule has 1 aromatic carbocycles. The van der Waals surface area contributed by atoms with E-state index >= 15 is 0 Å². The third-order valence-electron chi connectivity index (χ3n) is 3.87. The molecule has 0 radical (unpaired) electrons. The molecule has 2 aromatic rings. The number of benzene rings is 1. The first-order valence-electron chi connectivity index (χ1n) is 8.39. The Morgan fingerprint density at radius 3 is 2.56 bits per heavy atom. The highest BCUT2D eigenvalue weighted by molar-refractivity contribution is 5.91. The quantitative estimate of drug-likeness (QED) is 0.685. The van der Waals surface area contributed by atoms with Crippen molar-refractivity contribution in [3.05, 3.63) is 54.0 Å². The van der Waals surface area contributed by atoms with Gasteiger partial charge in [-0.15, -0.1) is 0 Å². The third-order valence-corrected chi connectivity index (χ3v) is 3.87. The summed E-state index contributed by atoms with van der Waals surface area (Å²) in [7, 11) is 1.62. The summed E-state index contributed by atoms with van der Waals surface area (Å²) in [4.78, 5) is 23.8. The Morgan fingerprint density at radius 1 is 1.20 bits per heavy atom. The van der Waals surface area contributed by atoms with Gasteiger partial charge in [0, 0.05) is 13.0 Å². The lowest BCUT2D eigenvalue weighted by Crippen LogP contribution is -2.29. The lowest BCUT2D eigenvalue weighted by atomic mass is 10.0. The zero-order valence-electron chi connectivity index (χ0n) is 14.6. The van der Waals surface area contributed by atoms with Crippen molar-refractivity contribution < 1.29 is 18.7 Å². The molecular weight excluding hydrogens is 320 g/mol. The van der Waals surface area contributed by atoms with Gasteiger partial charge in [0.05, 0.1) is 19.4 Å². The van der Waals surface area contributed by atoms with Crippen molar-refractivity contribution in [2.24, 2.45) is 0 Å². The predicted molar refractivity (Wildman–Crippen MR) is 94.4 cm³/mol. The highest BCUT2D eigenvalue weighted by atomic mass is 16.5. The molecule has 0 aliphatic heterocycles. The Morgan fingerprint density at radius 2 is 1.96 bits per heavy atom. The van der Waals surface area contributed by atoms with Gasteiger partial charge in [0.1, 0.15) is 5.75 Å². The number of carbonyl (C=O) groups excluding carboxylic acids is 2. The van der Waals surface area contributed by atoms with Crippen molar-refractivity contribution in [1.29, 1.82) is 0 Å². The van der Waals surface area contributed by atoms with E-state index in [2.05, 4.69) is 10.6 Å². The van der Waals surface area contributed by atoms with Gasteiger partial charge < -0.3 is 19.8 Å². The van der Waals surface area contributed by atoms with E-state index in [4.69, 9.17) is 9.15 Å². The Hall–Kier alpha value is -2.76. The van der Waals surface area contributed by atoms with Crippen LogP contribution in [0.2, 0.25) is 0 Å². The Kier molecular flexibility index (Phi) is 7.07. The minimum Gasteiger partial charge on any atom is -0.497 e. The zero-order chi connectivity index (χ0) is 18.1. The lowest BCUT2D eigenvalue weighted by Gasteiger charge is -2.18. The van der Waals surface area contributed by atoms with E-state index < -0.39 is 0 Å². The Labute approximate surface area is 147 Å². The molecule has 2 amide bonds. The van der Waals surface area contributed by atoms with Crippen LogP contribution in [0.25, 0.3) is 0 Å². The van der Waals surface area contributed by atoms with Crippen molar-refractivity contribution in [2.75, 3.05) is 13.7 Å². The molecule has 2 N–H and O–H groups in total. The molecule has 6 heteroatoms. The number of amides is 2. The smallest absolute Gasteiger partial charge is 0.286 e. The summed E-state index contributed by atoms with van der Waals surface area (Å²) in [6.45, 7) is 2.45. The largest absolute Gasteiger partial charge is 0.497 e. The minimum atomic E-state index is -0.268. The molecule has 134 valence electrons. The van der Waals surface area contributed by atoms with Crippen molar-refractivity contribution in [2.45, 2.75) is 32.2 Å². The van der Waals surface area contributed by atoms with E-state index in [1.165, 1.54) is 6.26 Å². The first kappa shape index (κ1) is 18.6. The topological polar surface area (TPSA) is 80.6 Å². The molecule has 1 atom stereocenters. The second kappa shape index (κ2) is 9.52. The number of carbonyl (C=O) groups is 2. The van der Waals surface area contributed by atoms with Crippen molar-refractivity contribution >= 4 is 11.8 Å². The van der Waals surface area contributed by atoms with Crippen LogP contribution in [-0.2, 0) is 4.79 Å². The molecule has 25 heavy (non-hydrogen) atoms. The molecule has 1 heterocycles. The van der Waals surface area contributed by atoms with Crippen LogP contribution in [0.1, 0.15) is 48.3 Å². The fraction of sp³-hybridized carbons (Fsp3) is 0.368. The number of nitrogens with one attached hydrogen (secondary N) is 2. The summed E-state index contributed by atoms with van der Waals surface area (Å²) in [5, 5.41) is 5.75. The number of rotatable bonds is 9. The number of ether oxygens (including phenoxy) is 1. The molecule has 0 fully saturated rings. The Bertz CT molecular complexity index is 665. The van der Waals surface area contributed by atoms with Gasteiger partial charge in [0.25, 0.3) is 5.91 Å². The van der Waals surface area contributed by atoms with Crippen LogP contribution < -0.4 is 15.4 Å². The van der Waals surface area contributed by atoms with E-state index in [0.29, 0.717) is 19.4 Å². The van der Waals surface area contributed by atoms with Crippen molar-refractivity contribution in [1.82, 2.24) is 10.6 Å². The van der Waals surface area contributed by atoms with Crippen molar-refractivity contribution in [3.63, 3.8) is 0 Å². The first-order chi connectivity index (χ1) is 12.1. The molecule has 1 unspecified atom stereocenters. The molecule has 0 saturated heterocycles. The second-order valence-electron chi connectivity index (χ2n) is 5.64. The highest BCUT2D eigenvalue weighted by Crippen LogP contribution is 2.20. The lowest BCUT2D eigenvalue weighted by molar-refractivity contribution is -0.122. The summed E-state index contributed by atoms with van der Waals surface area (Å²) < 4.78 is 10.2. The van der Waals surface area contributed by atoms with Crippen LogP contribution in [0, 0.1) is 0 Å². The van der Waals surface area contributed by atoms with Crippen LogP contribution in [0.4, 0.5) is 0 Å². The predicted octanol–water partition coefficient (Wildman–Crippen LogP) is 3.07. The maximum atomic E-state index is 12.1. The second-order valence-corrected chi connectivity index (χ2v) is 5.64. The monoisotopic (exact) mass is 344 g/mol. The fourth-order valence-corrected chi connectivity index (χ4v) is 2.47. The van der Waals surface area contributed by atoms with Gasteiger partial charge in [-0.05, 0) is 42.7 Å². The minimum absolute atomic E-state index is 0.0314. The normalized spacial score (nSPS) is 11.6. The molecule has 1 aromatic heterocycles. The van der Waals surface area contributed by atoms with Gasteiger partial charge in [0.2, 0.25) is 5.91 Å². The van der Waals surface area contributed by atoms with Crippen LogP contribution in [0.15, 0.2) is 47.1 Å². The van der Waals surface area contributed by atoms with Crippen LogP contribution in [0.5, 0.6) is 5.75 Å². The summed E-state index contributed by atoms with van der Waals surface area (Å²) in [5.74, 6) is 0.761. The van der Waals surface area contributed by atoms with Gasteiger partial charge in [-0.2, -0.15) is 0 Å². The molecule has 0 aliphatic carbocycles. The molecule has 6 nitrogen and oxygen atoms in total. The number of furan rings is 1. The Balaban J connectivity index is 1.73. The number of methoxy groups -OCH3 is 1. The average molecular weight is 344 g/mol. The molecule has 0 saturated carbocycles. The maximum absolute atomic E-state index is 12.1. The van der Waals surface area contributed by atoms with Gasteiger partial charge in [-0.1, -0.05) is 19.1 Å². The zero-order valence-corrected chi connectivity index (χ0v) is 14.6. The van der Waals surface area contributed by atoms with E-state index in [1.54, 1.807) is 19.2 Å². The molecular formula is C19H24N2O4. The number of hydrogen-bond acceptors (Lipinski definition) is 4. The van der Waals surface area contributed by atoms with Crippen LogP contribution in [-0.4, -0.2) is 25.5 Å². The number of hydrogen-bond donors (Lipinski definition) is 2. The van der Waals surface area contributed by atoms with Gasteiger partial charge in [-0.25, -0.2) is 0 Å². The SMILES string of the molecule is CCC(NC(=O)CCCNC(=O)c1ccco1)c1ccc(OC)cc1. The van der Waals surface area contributed by atoms with E-state index in [0.717, 1.165) is 17.7 Å². The van der Waals surface area contributed by atoms with Gasteiger partial charge in [-0.3, -0.25) is 9.59 Å². The van der Waals surface area contributed by atoms with E-state index in [9.17, 15) is 9.59 Å². The molecule has 2 rings (SSSR count). The van der Waals surface area contributed by atoms with E-state index in [-0.39, 0.29) is 23.6 Å². The van der Waals surface area contributed by atoms with Crippen LogP contribution in [0.3, 0.4) is 0 Å². The molecule has 0 bridgehead atoms. The molecule has 0 spiro atoms. The first-order valence-corrected chi connectivity index (χ1v) is 8.39. The standard InChI is InChI=1S/C19H24N2O4/c1-3-16(14-8-10-15(24-2)11-9-14)21-18(22)7-4-12-20-19(23)17-6-5-13-25-17/h5-6,8-11,13,16H,3-4,7,12H2,1-2H3,(H,20,23)(H,21,22). The fourth-order valence-electron chi connectivity index (χ4n) is 2.47. The summed E-state index contributed by atoms with van der Waals surface area (Å²) >= 11 is 0. The van der Waals surface area contributed by atoms with E-state index in [1.807, 2.05) is 31.2 Å². The molecule has 0 aliphatic rings. The van der Waals surface area contributed by atoms with Gasteiger partial charge in [0.15, 0.2) is 5.76 Å². The highest BCUT2D eigenvalue weighted by Gasteiger charge is 2.13. The third kappa shape index (κ3) is 5.67. The summed E-state index contributed by atoms with van der Waals surface area (Å²) in [6, 6.07) is 10.9. The van der Waals surface area contributed by atoms with Gasteiger partial charge >= 0.3 is 0 Å². The average Bonchev–Trinajstić information content (AvgIpc) is 3.18. The van der Waals surface area contributed by atoms with Crippen molar-refractivity contribution in [3.8, 4) is 5.75 Å². The van der Waals surface area contributed by atoms with Crippen LogP contribution >= 0.6 is 0 Å². The summed E-state index contributed by atoms with van der Waals surface area (Å²) in [5.41, 5.74) is 1.04. The summed E-state index contributed by atoms with van der Waals surface area (Å²) in [6.07, 6.45) is 3.17. The maximum Gasteiger partial charge on any atom is 0.286 e.